The van der Waals surface area contributed by atoms with E-state index in [1.165, 1.54) is 12.1 Å². The summed E-state index contributed by atoms with van der Waals surface area (Å²) in [5, 5.41) is 7.94. The number of hydrogen-bond acceptors (Lipinski definition) is 5. The second-order valence-corrected chi connectivity index (χ2v) is 10.2. The van der Waals surface area contributed by atoms with Crippen molar-refractivity contribution in [3.8, 4) is 17.1 Å². The molecule has 0 bridgehead atoms. The Morgan fingerprint density at radius 3 is 1.67 bits per heavy atom. The van der Waals surface area contributed by atoms with Gasteiger partial charge in [0.2, 0.25) is 0 Å². The smallest absolute Gasteiger partial charge is 0.427 e. The molecule has 0 radical (unpaired) electrons. The molecule has 45 heavy (non-hydrogen) atoms. The first kappa shape index (κ1) is 33.6. The number of nitrogens with two attached hydrogens (primary N) is 1. The van der Waals surface area contributed by atoms with Crippen LogP contribution in [0.1, 0.15) is 29.2 Å². The largest absolute Gasteiger partial charge is 0.435 e. The Hall–Kier alpha value is -4.33. The maximum absolute atomic E-state index is 13.1. The van der Waals surface area contributed by atoms with E-state index in [9.17, 15) is 31.1 Å². The van der Waals surface area contributed by atoms with Crippen LogP contribution in [0.3, 0.4) is 0 Å². The molecule has 2 N–H and O–H groups in total. The summed E-state index contributed by atoms with van der Waals surface area (Å²) < 4.78 is 84.4. The quantitative estimate of drug-likeness (QED) is 0.108. The predicted octanol–water partition coefficient (Wildman–Crippen LogP) is 8.09. The maximum Gasteiger partial charge on any atom is 0.435 e. The molecule has 15 heteroatoms. The number of halogens is 8. The van der Waals surface area contributed by atoms with Crippen LogP contribution in [0.4, 0.5) is 26.3 Å². The Labute approximate surface area is 262 Å². The van der Waals surface area contributed by atoms with Gasteiger partial charge in [0, 0.05) is 28.7 Å². The standard InChI is InChI=1S/C19H14ClF3N2O2.C11H9ClF3N3/c20-13-5-4-6-14(11-13)25-15(12-17(24-25)19(21,22)23)9-10-18(26)27-16-7-2-1-3-8-16;12-7-2-1-3-8(4-7)18-9(6-16)5-10(17-18)11(13,14)15/h1-8,11-12H,9-10H2;1-5H,6,16H2. The molecule has 0 spiro atoms. The molecule has 5 aromatic rings. The molecule has 0 fully saturated rings. The molecule has 236 valence electrons. The Morgan fingerprint density at radius 2 is 1.20 bits per heavy atom. The van der Waals surface area contributed by atoms with Crippen molar-refractivity contribution in [3.05, 3.63) is 124 Å². The fourth-order valence-corrected chi connectivity index (χ4v) is 4.37. The van der Waals surface area contributed by atoms with Gasteiger partial charge in [0.25, 0.3) is 0 Å². The Bertz CT molecular complexity index is 1750. The number of ether oxygens (including phenoxy) is 1. The van der Waals surface area contributed by atoms with E-state index in [-0.39, 0.29) is 30.8 Å². The van der Waals surface area contributed by atoms with E-state index >= 15 is 0 Å². The molecule has 0 atom stereocenters. The van der Waals surface area contributed by atoms with Gasteiger partial charge in [0.15, 0.2) is 11.4 Å². The van der Waals surface area contributed by atoms with Crippen molar-refractivity contribution >= 4 is 29.2 Å². The monoisotopic (exact) mass is 669 g/mol. The molecule has 0 aliphatic rings. The lowest BCUT2D eigenvalue weighted by atomic mass is 10.2. The molecular formula is C30H23Cl2F6N5O2. The summed E-state index contributed by atoms with van der Waals surface area (Å²) >= 11 is 11.7. The highest BCUT2D eigenvalue weighted by molar-refractivity contribution is 6.31. The van der Waals surface area contributed by atoms with Gasteiger partial charge >= 0.3 is 18.3 Å². The van der Waals surface area contributed by atoms with E-state index in [4.69, 9.17) is 33.7 Å². The zero-order valence-corrected chi connectivity index (χ0v) is 24.5. The van der Waals surface area contributed by atoms with Crippen molar-refractivity contribution in [2.75, 3.05) is 0 Å². The number of carbonyl (C=O) groups is 1. The normalized spacial score (nSPS) is 11.6. The fraction of sp³-hybridized carbons (Fsp3) is 0.167. The van der Waals surface area contributed by atoms with Gasteiger partial charge in [-0.1, -0.05) is 53.5 Å². The summed E-state index contributed by atoms with van der Waals surface area (Å²) in [5.74, 6) is -0.171. The minimum Gasteiger partial charge on any atom is -0.427 e. The summed E-state index contributed by atoms with van der Waals surface area (Å²) in [5.41, 5.74) is 4.74. The summed E-state index contributed by atoms with van der Waals surface area (Å²) in [6.07, 6.45) is -9.16. The first-order chi connectivity index (χ1) is 21.2. The number of alkyl halides is 6. The summed E-state index contributed by atoms with van der Waals surface area (Å²) in [6.45, 7) is -0.0460. The van der Waals surface area contributed by atoms with Gasteiger partial charge in [-0.3, -0.25) is 4.79 Å². The van der Waals surface area contributed by atoms with Crippen LogP contribution in [0.2, 0.25) is 10.0 Å². The van der Waals surface area contributed by atoms with Crippen LogP contribution in [-0.2, 0) is 30.1 Å². The molecule has 0 saturated heterocycles. The number of aryl methyl sites for hydroxylation is 1. The van der Waals surface area contributed by atoms with Crippen molar-refractivity contribution in [2.45, 2.75) is 31.7 Å². The number of benzene rings is 3. The number of esters is 1. The van der Waals surface area contributed by atoms with Crippen LogP contribution in [0.15, 0.2) is 91.0 Å². The van der Waals surface area contributed by atoms with Crippen molar-refractivity contribution in [2.24, 2.45) is 5.73 Å². The number of rotatable bonds is 7. The lowest BCUT2D eigenvalue weighted by molar-refractivity contribution is -0.142. The van der Waals surface area contributed by atoms with Crippen molar-refractivity contribution in [3.63, 3.8) is 0 Å². The molecule has 0 aliphatic carbocycles. The van der Waals surface area contributed by atoms with Crippen LogP contribution in [0.5, 0.6) is 5.75 Å². The van der Waals surface area contributed by atoms with Crippen LogP contribution in [0, 0.1) is 0 Å². The molecule has 7 nitrogen and oxygen atoms in total. The highest BCUT2D eigenvalue weighted by Crippen LogP contribution is 2.31. The molecular weight excluding hydrogens is 647 g/mol. The molecule has 3 aromatic carbocycles. The van der Waals surface area contributed by atoms with E-state index in [2.05, 4.69) is 10.2 Å². The zero-order chi connectivity index (χ0) is 32.8. The van der Waals surface area contributed by atoms with Crippen molar-refractivity contribution < 1.29 is 35.9 Å². The number of carbonyl (C=O) groups excluding carboxylic acids is 1. The average molecular weight is 670 g/mol. The molecule has 5 rings (SSSR count). The lowest BCUT2D eigenvalue weighted by Gasteiger charge is -2.08. The van der Waals surface area contributed by atoms with Crippen molar-refractivity contribution in [1.29, 1.82) is 0 Å². The van der Waals surface area contributed by atoms with Crippen LogP contribution in [0.25, 0.3) is 11.4 Å². The lowest BCUT2D eigenvalue weighted by Crippen LogP contribution is -2.11. The molecule has 0 aliphatic heterocycles. The van der Waals surface area contributed by atoms with E-state index in [1.54, 1.807) is 66.7 Å². The van der Waals surface area contributed by atoms with Gasteiger partial charge in [-0.2, -0.15) is 36.5 Å². The molecule has 0 unspecified atom stereocenters. The maximum atomic E-state index is 13.1. The second kappa shape index (κ2) is 14.2. The van der Waals surface area contributed by atoms with Gasteiger partial charge < -0.3 is 10.5 Å². The third-order valence-corrected chi connectivity index (χ3v) is 6.49. The summed E-state index contributed by atoms with van der Waals surface area (Å²) in [6, 6.07) is 23.0. The van der Waals surface area contributed by atoms with E-state index < -0.39 is 29.7 Å². The summed E-state index contributed by atoms with van der Waals surface area (Å²) in [7, 11) is 0. The van der Waals surface area contributed by atoms with Gasteiger partial charge in [-0.05, 0) is 60.7 Å². The van der Waals surface area contributed by atoms with Crippen LogP contribution < -0.4 is 10.5 Å². The van der Waals surface area contributed by atoms with E-state index in [0.29, 0.717) is 27.2 Å². The second-order valence-electron chi connectivity index (χ2n) is 9.31. The first-order valence-electron chi connectivity index (χ1n) is 13.0. The zero-order valence-electron chi connectivity index (χ0n) is 23.0. The van der Waals surface area contributed by atoms with Gasteiger partial charge in [0.05, 0.1) is 23.5 Å². The van der Waals surface area contributed by atoms with Crippen LogP contribution in [-0.4, -0.2) is 25.5 Å². The highest BCUT2D eigenvalue weighted by Gasteiger charge is 2.36. The predicted molar refractivity (Wildman–Crippen MR) is 155 cm³/mol. The Balaban J connectivity index is 0.000000222. The number of aromatic nitrogens is 4. The van der Waals surface area contributed by atoms with E-state index in [1.807, 2.05) is 0 Å². The topological polar surface area (TPSA) is 88.0 Å². The van der Waals surface area contributed by atoms with Gasteiger partial charge in [0.1, 0.15) is 5.75 Å². The minimum absolute atomic E-state index is 0.0290. The molecule has 2 heterocycles. The number of nitrogens with zero attached hydrogens (tertiary/aromatic N) is 4. The summed E-state index contributed by atoms with van der Waals surface area (Å²) in [4.78, 5) is 12.0. The van der Waals surface area contributed by atoms with Gasteiger partial charge in [-0.15, -0.1) is 0 Å². The third-order valence-electron chi connectivity index (χ3n) is 6.02. The molecule has 0 amide bonds. The third kappa shape index (κ3) is 9.10. The average Bonchev–Trinajstić information content (AvgIpc) is 3.62. The Kier molecular flexibility index (Phi) is 10.6. The fourth-order valence-electron chi connectivity index (χ4n) is 4.00. The van der Waals surface area contributed by atoms with E-state index in [0.717, 1.165) is 21.5 Å². The number of para-hydroxylation sites is 1. The first-order valence-corrected chi connectivity index (χ1v) is 13.8. The number of hydrogen-bond donors (Lipinski definition) is 1. The van der Waals surface area contributed by atoms with Crippen molar-refractivity contribution in [1.82, 2.24) is 19.6 Å². The van der Waals surface area contributed by atoms with Crippen LogP contribution >= 0.6 is 23.2 Å². The SMILES string of the molecule is NCc1cc(C(F)(F)F)nn1-c1cccc(Cl)c1.O=C(CCc1cc(C(F)(F)F)nn1-c1cccc(Cl)c1)Oc1ccccc1. The Morgan fingerprint density at radius 1 is 0.711 bits per heavy atom. The molecule has 2 aromatic heterocycles. The minimum atomic E-state index is -4.59. The molecule has 0 saturated carbocycles. The highest BCUT2D eigenvalue weighted by atomic mass is 35.5. The van der Waals surface area contributed by atoms with Gasteiger partial charge in [-0.25, -0.2) is 9.36 Å².